The Labute approximate surface area is 110 Å². The van der Waals surface area contributed by atoms with Gasteiger partial charge in [0.05, 0.1) is 5.69 Å². The highest BCUT2D eigenvalue weighted by molar-refractivity contribution is 9.10. The van der Waals surface area contributed by atoms with Gasteiger partial charge >= 0.3 is 0 Å². The largest absolute Gasteiger partial charge is 0.300 e. The van der Waals surface area contributed by atoms with Crippen molar-refractivity contribution >= 4 is 21.6 Å². The molecular weight excluding hydrogens is 276 g/mol. The Hall–Kier alpha value is -0.830. The molecule has 0 unspecified atom stereocenters. The van der Waals surface area contributed by atoms with E-state index in [1.165, 1.54) is 29.9 Å². The van der Waals surface area contributed by atoms with Crippen LogP contribution in [0.4, 0.5) is 0 Å². The first-order valence-corrected chi connectivity index (χ1v) is 6.97. The van der Waals surface area contributed by atoms with Gasteiger partial charge in [0.25, 0.3) is 0 Å². The van der Waals surface area contributed by atoms with Gasteiger partial charge in [-0.1, -0.05) is 13.8 Å². The number of rotatable bonds is 0. The number of pyridine rings is 1. The highest BCUT2D eigenvalue weighted by atomic mass is 79.9. The Morgan fingerprint density at radius 2 is 2.12 bits per heavy atom. The molecule has 0 bridgehead atoms. The van der Waals surface area contributed by atoms with E-state index in [0.717, 1.165) is 16.5 Å². The normalized spacial score (nSPS) is 18.4. The van der Waals surface area contributed by atoms with E-state index in [1.54, 1.807) is 0 Å². The van der Waals surface area contributed by atoms with E-state index in [0.29, 0.717) is 0 Å². The number of nitrogens with zero attached hydrogens (tertiary/aromatic N) is 2. The van der Waals surface area contributed by atoms with Crippen LogP contribution in [-0.4, -0.2) is 9.38 Å². The lowest BCUT2D eigenvalue weighted by Gasteiger charge is -2.28. The summed E-state index contributed by atoms with van der Waals surface area (Å²) in [5.41, 5.74) is 5.28. The molecule has 0 amide bonds. The molecule has 0 atom stereocenters. The van der Waals surface area contributed by atoms with Crippen molar-refractivity contribution in [1.82, 2.24) is 9.38 Å². The first-order valence-electron chi connectivity index (χ1n) is 6.17. The number of imidazole rings is 1. The Kier molecular flexibility index (Phi) is 2.37. The molecule has 0 saturated heterocycles. The summed E-state index contributed by atoms with van der Waals surface area (Å²) in [7, 11) is 0. The molecule has 1 aliphatic rings. The van der Waals surface area contributed by atoms with Crippen LogP contribution in [0.2, 0.25) is 0 Å². The Morgan fingerprint density at radius 1 is 1.35 bits per heavy atom. The van der Waals surface area contributed by atoms with E-state index in [-0.39, 0.29) is 5.41 Å². The second-order valence-electron chi connectivity index (χ2n) is 5.60. The lowest BCUT2D eigenvalue weighted by Crippen LogP contribution is -2.24. The predicted molar refractivity (Wildman–Crippen MR) is 73.6 cm³/mol. The third-order valence-corrected chi connectivity index (χ3v) is 4.75. The van der Waals surface area contributed by atoms with Crippen molar-refractivity contribution < 1.29 is 0 Å². The average molecular weight is 293 g/mol. The lowest BCUT2D eigenvalue weighted by atomic mass is 9.78. The van der Waals surface area contributed by atoms with Gasteiger partial charge in [-0.2, -0.15) is 0 Å². The predicted octanol–water partition coefficient (Wildman–Crippen LogP) is 4.02. The molecule has 1 aliphatic carbocycles. The zero-order chi connectivity index (χ0) is 12.2. The Balaban J connectivity index is 2.39. The fourth-order valence-electron chi connectivity index (χ4n) is 2.92. The van der Waals surface area contributed by atoms with Crippen molar-refractivity contribution in [2.45, 2.75) is 45.4 Å². The summed E-state index contributed by atoms with van der Waals surface area (Å²) < 4.78 is 3.48. The van der Waals surface area contributed by atoms with Crippen molar-refractivity contribution in [3.63, 3.8) is 0 Å². The third-order valence-electron chi connectivity index (χ3n) is 3.91. The number of aromatic nitrogens is 2. The van der Waals surface area contributed by atoms with Crippen molar-refractivity contribution in [3.8, 4) is 0 Å². The van der Waals surface area contributed by atoms with E-state index in [2.05, 4.69) is 53.2 Å². The molecule has 0 aliphatic heterocycles. The van der Waals surface area contributed by atoms with Crippen LogP contribution in [0, 0.1) is 6.92 Å². The van der Waals surface area contributed by atoms with Gasteiger partial charge in [-0.25, -0.2) is 4.98 Å². The van der Waals surface area contributed by atoms with Gasteiger partial charge in [0, 0.05) is 21.3 Å². The van der Waals surface area contributed by atoms with E-state index in [1.807, 2.05) is 0 Å². The van der Waals surface area contributed by atoms with Gasteiger partial charge in [-0.15, -0.1) is 0 Å². The Bertz CT molecular complexity index is 596. The van der Waals surface area contributed by atoms with E-state index < -0.39 is 0 Å². The molecule has 0 N–H and O–H groups in total. The third kappa shape index (κ3) is 1.55. The van der Waals surface area contributed by atoms with Crippen LogP contribution in [-0.2, 0) is 11.8 Å². The summed E-state index contributed by atoms with van der Waals surface area (Å²) >= 11 is 3.61. The molecular formula is C14H17BrN2. The SMILES string of the molecule is Cc1c(Br)ccc2nc3c(n12)CCCC3(C)C. The number of hydrogen-bond donors (Lipinski definition) is 0. The molecule has 2 heterocycles. The van der Waals surface area contributed by atoms with Crippen LogP contribution >= 0.6 is 15.9 Å². The molecule has 90 valence electrons. The molecule has 3 heteroatoms. The molecule has 2 aromatic rings. The minimum atomic E-state index is 0.221. The number of halogens is 1. The minimum Gasteiger partial charge on any atom is -0.300 e. The monoisotopic (exact) mass is 292 g/mol. The summed E-state index contributed by atoms with van der Waals surface area (Å²) in [5, 5.41) is 0. The lowest BCUT2D eigenvalue weighted by molar-refractivity contribution is 0.418. The first kappa shape index (κ1) is 11.3. The number of hydrogen-bond acceptors (Lipinski definition) is 1. The van der Waals surface area contributed by atoms with Crippen LogP contribution in [0.25, 0.3) is 5.65 Å². The van der Waals surface area contributed by atoms with Crippen molar-refractivity contribution in [3.05, 3.63) is 33.7 Å². The van der Waals surface area contributed by atoms with Crippen LogP contribution in [0.15, 0.2) is 16.6 Å². The minimum absolute atomic E-state index is 0.221. The summed E-state index contributed by atoms with van der Waals surface area (Å²) in [6.07, 6.45) is 3.65. The van der Waals surface area contributed by atoms with E-state index in [9.17, 15) is 0 Å². The van der Waals surface area contributed by atoms with Gasteiger partial charge in [0.1, 0.15) is 5.65 Å². The summed E-state index contributed by atoms with van der Waals surface area (Å²) in [6, 6.07) is 4.20. The number of fused-ring (bicyclic) bond motifs is 3. The maximum atomic E-state index is 4.85. The standard InChI is InChI=1S/C14H17BrN2/c1-9-10(15)6-7-12-16-13-11(17(9)12)5-4-8-14(13,2)3/h6-7H,4-5,8H2,1-3H3. The van der Waals surface area contributed by atoms with Gasteiger partial charge in [0.15, 0.2) is 0 Å². The summed E-state index contributed by atoms with van der Waals surface area (Å²) in [4.78, 5) is 4.85. The molecule has 0 fully saturated rings. The van der Waals surface area contributed by atoms with E-state index in [4.69, 9.17) is 4.98 Å². The zero-order valence-electron chi connectivity index (χ0n) is 10.5. The second kappa shape index (κ2) is 3.58. The van der Waals surface area contributed by atoms with Crippen LogP contribution in [0.1, 0.15) is 43.8 Å². The van der Waals surface area contributed by atoms with Crippen molar-refractivity contribution in [2.24, 2.45) is 0 Å². The van der Waals surface area contributed by atoms with Gasteiger partial charge in [0.2, 0.25) is 0 Å². The first-order chi connectivity index (χ1) is 8.00. The molecule has 0 saturated carbocycles. The van der Waals surface area contributed by atoms with Gasteiger partial charge in [-0.3, -0.25) is 4.40 Å². The quantitative estimate of drug-likeness (QED) is 0.717. The molecule has 0 spiro atoms. The highest BCUT2D eigenvalue weighted by Crippen LogP contribution is 2.37. The summed E-state index contributed by atoms with van der Waals surface area (Å²) in [6.45, 7) is 6.77. The smallest absolute Gasteiger partial charge is 0.137 e. The zero-order valence-corrected chi connectivity index (χ0v) is 12.1. The summed E-state index contributed by atoms with van der Waals surface area (Å²) in [5.74, 6) is 0. The van der Waals surface area contributed by atoms with Gasteiger partial charge < -0.3 is 0 Å². The van der Waals surface area contributed by atoms with Crippen molar-refractivity contribution in [1.29, 1.82) is 0 Å². The molecule has 2 nitrogen and oxygen atoms in total. The molecule has 2 aromatic heterocycles. The molecule has 3 rings (SSSR count). The second-order valence-corrected chi connectivity index (χ2v) is 6.46. The van der Waals surface area contributed by atoms with Gasteiger partial charge in [-0.05, 0) is 54.2 Å². The number of aryl methyl sites for hydroxylation is 2. The van der Waals surface area contributed by atoms with Crippen molar-refractivity contribution in [2.75, 3.05) is 0 Å². The molecule has 0 aromatic carbocycles. The van der Waals surface area contributed by atoms with Crippen LogP contribution < -0.4 is 0 Å². The highest BCUT2D eigenvalue weighted by Gasteiger charge is 2.32. The van der Waals surface area contributed by atoms with Crippen LogP contribution in [0.5, 0.6) is 0 Å². The average Bonchev–Trinajstić information content (AvgIpc) is 2.64. The fraction of sp³-hybridized carbons (Fsp3) is 0.500. The maximum absolute atomic E-state index is 4.85. The van der Waals surface area contributed by atoms with Crippen LogP contribution in [0.3, 0.4) is 0 Å². The maximum Gasteiger partial charge on any atom is 0.137 e. The van der Waals surface area contributed by atoms with E-state index >= 15 is 0 Å². The topological polar surface area (TPSA) is 17.3 Å². The Morgan fingerprint density at radius 3 is 2.88 bits per heavy atom. The molecule has 0 radical (unpaired) electrons. The molecule has 17 heavy (non-hydrogen) atoms. The fourth-order valence-corrected chi connectivity index (χ4v) is 3.23.